The van der Waals surface area contributed by atoms with Crippen LogP contribution in [0.25, 0.3) is 0 Å². The van der Waals surface area contributed by atoms with Crippen molar-refractivity contribution in [2.45, 2.75) is 12.9 Å². The molecule has 7 heavy (non-hydrogen) atoms. The van der Waals surface area contributed by atoms with Gasteiger partial charge < -0.3 is 9.53 Å². The molecule has 2 nitrogen and oxygen atoms in total. The molecule has 0 aliphatic heterocycles. The van der Waals surface area contributed by atoms with E-state index in [2.05, 4.69) is 0 Å². The normalized spacial score (nSPS) is 12.9. The fraction of sp³-hybridized carbons (Fsp3) is 0.750. The summed E-state index contributed by atoms with van der Waals surface area (Å²) in [5.74, 6) is 0. The Balaban J connectivity index is 2.98. The first-order valence-electron chi connectivity index (χ1n) is 2.12. The summed E-state index contributed by atoms with van der Waals surface area (Å²) in [4.78, 5) is 9.64. The Kier molecular flexibility index (Phi) is 3.70. The summed E-state index contributed by atoms with van der Waals surface area (Å²) < 4.78 is 4.70. The van der Waals surface area contributed by atoms with Gasteiger partial charge in [0.25, 0.3) is 0 Å². The highest BCUT2D eigenvalue weighted by molar-refractivity contribution is 6.67. The molecule has 0 saturated carbocycles. The van der Waals surface area contributed by atoms with Gasteiger partial charge in [-0.3, -0.25) is 0 Å². The second-order valence-electron chi connectivity index (χ2n) is 1.27. The van der Waals surface area contributed by atoms with E-state index in [1.807, 2.05) is 0 Å². The predicted octanol–water partition coefficient (Wildman–Crippen LogP) is -0.127. The average Bonchev–Trinajstić information content (AvgIpc) is 1.68. The SMILES string of the molecule is COC(C)[B]C=O. The van der Waals surface area contributed by atoms with E-state index in [1.54, 1.807) is 14.0 Å². The van der Waals surface area contributed by atoms with Crippen molar-refractivity contribution in [3.05, 3.63) is 0 Å². The van der Waals surface area contributed by atoms with Crippen LogP contribution in [0.2, 0.25) is 0 Å². The van der Waals surface area contributed by atoms with Crippen LogP contribution in [-0.4, -0.2) is 26.6 Å². The van der Waals surface area contributed by atoms with Gasteiger partial charge in [0.15, 0.2) is 0 Å². The van der Waals surface area contributed by atoms with Gasteiger partial charge in [0.1, 0.15) is 0 Å². The zero-order valence-corrected chi connectivity index (χ0v) is 4.55. The predicted molar refractivity (Wildman–Crippen MR) is 29.0 cm³/mol. The number of carbonyl (C=O) groups is 1. The maximum Gasteiger partial charge on any atom is 0.234 e. The molecule has 0 rings (SSSR count). The van der Waals surface area contributed by atoms with Gasteiger partial charge in [-0.2, -0.15) is 0 Å². The highest BCUT2D eigenvalue weighted by atomic mass is 16.5. The molecule has 0 N–H and O–H groups in total. The minimum absolute atomic E-state index is 0.0440. The summed E-state index contributed by atoms with van der Waals surface area (Å²) in [5.41, 5.74) is 0. The van der Waals surface area contributed by atoms with E-state index >= 15 is 0 Å². The molecule has 0 aromatic rings. The van der Waals surface area contributed by atoms with Crippen molar-refractivity contribution < 1.29 is 9.53 Å². The summed E-state index contributed by atoms with van der Waals surface area (Å²) in [5, 5.41) is 0. The van der Waals surface area contributed by atoms with Crippen molar-refractivity contribution in [1.29, 1.82) is 0 Å². The molecule has 1 atom stereocenters. The molecule has 0 aliphatic carbocycles. The van der Waals surface area contributed by atoms with Crippen molar-refractivity contribution in [3.63, 3.8) is 0 Å². The van der Waals surface area contributed by atoms with E-state index < -0.39 is 0 Å². The van der Waals surface area contributed by atoms with Gasteiger partial charge in [0.2, 0.25) is 7.28 Å². The molecule has 0 aliphatic rings. The van der Waals surface area contributed by atoms with Crippen LogP contribution in [0.15, 0.2) is 0 Å². The maximum atomic E-state index is 9.64. The number of hydrogen-bond donors (Lipinski definition) is 0. The van der Waals surface area contributed by atoms with Crippen LogP contribution in [0.4, 0.5) is 0 Å². The summed E-state index contributed by atoms with van der Waals surface area (Å²) >= 11 is 0. The highest BCUT2D eigenvalue weighted by Gasteiger charge is 1.96. The third kappa shape index (κ3) is 3.53. The van der Waals surface area contributed by atoms with Gasteiger partial charge in [-0.05, 0) is 6.92 Å². The zero-order valence-electron chi connectivity index (χ0n) is 4.55. The van der Waals surface area contributed by atoms with E-state index in [0.29, 0.717) is 0 Å². The molecular weight excluding hydrogens is 90.9 g/mol. The molecule has 3 heteroatoms. The lowest BCUT2D eigenvalue weighted by Gasteiger charge is -1.99. The van der Waals surface area contributed by atoms with Crippen molar-refractivity contribution in [3.8, 4) is 0 Å². The van der Waals surface area contributed by atoms with Crippen molar-refractivity contribution >= 4 is 13.5 Å². The molecule has 0 aromatic carbocycles. The van der Waals surface area contributed by atoms with E-state index in [-0.39, 0.29) is 6.00 Å². The molecule has 0 heterocycles. The lowest BCUT2D eigenvalue weighted by atomic mass is 9.75. The fourth-order valence-electron chi connectivity index (χ4n) is 0.189. The Morgan fingerprint density at radius 2 is 2.43 bits per heavy atom. The second-order valence-corrected chi connectivity index (χ2v) is 1.27. The minimum atomic E-state index is -0.0440. The lowest BCUT2D eigenvalue weighted by molar-refractivity contribution is 0.180. The Morgan fingerprint density at radius 3 is 2.57 bits per heavy atom. The van der Waals surface area contributed by atoms with Gasteiger partial charge in [0, 0.05) is 13.1 Å². The number of hydrogen-bond acceptors (Lipinski definition) is 2. The summed E-state index contributed by atoms with van der Waals surface area (Å²) in [7, 11) is 3.00. The smallest absolute Gasteiger partial charge is 0.234 e. The standard InChI is InChI=1S/C4H8BO2/c1-4(7-2)5-3-6/h3-4H,1-2H3. The lowest BCUT2D eigenvalue weighted by Crippen LogP contribution is -2.15. The van der Waals surface area contributed by atoms with Gasteiger partial charge >= 0.3 is 0 Å². The Morgan fingerprint density at radius 1 is 1.86 bits per heavy atom. The van der Waals surface area contributed by atoms with Crippen LogP contribution in [0.3, 0.4) is 0 Å². The van der Waals surface area contributed by atoms with Gasteiger partial charge in [-0.1, -0.05) is 0 Å². The molecule has 0 saturated heterocycles. The molecule has 0 fully saturated rings. The van der Waals surface area contributed by atoms with Gasteiger partial charge in [-0.15, -0.1) is 0 Å². The topological polar surface area (TPSA) is 26.3 Å². The summed E-state index contributed by atoms with van der Waals surface area (Å²) in [6, 6.07) is -0.0440. The number of ether oxygens (including phenoxy) is 1. The van der Waals surface area contributed by atoms with Crippen LogP contribution in [0, 0.1) is 0 Å². The molecular formula is C4H8BO2. The van der Waals surface area contributed by atoms with E-state index in [0.717, 1.165) is 6.19 Å². The third-order valence-corrected chi connectivity index (χ3v) is 0.721. The Bertz CT molecular complexity index is 55.7. The van der Waals surface area contributed by atoms with Gasteiger partial charge in [0.05, 0.1) is 6.19 Å². The van der Waals surface area contributed by atoms with Crippen molar-refractivity contribution in [2.75, 3.05) is 7.11 Å². The minimum Gasteiger partial charge on any atom is -0.390 e. The van der Waals surface area contributed by atoms with E-state index in [1.165, 1.54) is 7.28 Å². The first kappa shape index (κ1) is 6.69. The van der Waals surface area contributed by atoms with Crippen LogP contribution < -0.4 is 0 Å². The number of methoxy groups -OCH3 is 1. The van der Waals surface area contributed by atoms with E-state index in [9.17, 15) is 4.79 Å². The first-order valence-corrected chi connectivity index (χ1v) is 2.12. The molecule has 0 bridgehead atoms. The molecule has 39 valence electrons. The molecule has 0 spiro atoms. The zero-order chi connectivity index (χ0) is 5.70. The maximum absolute atomic E-state index is 9.64. The first-order chi connectivity index (χ1) is 3.31. The second kappa shape index (κ2) is 3.87. The summed E-state index contributed by atoms with van der Waals surface area (Å²) in [6.45, 7) is 1.80. The van der Waals surface area contributed by atoms with Crippen LogP contribution in [0.5, 0.6) is 0 Å². The molecule has 1 radical (unpaired) electrons. The molecule has 1 unspecified atom stereocenters. The monoisotopic (exact) mass is 99.1 g/mol. The van der Waals surface area contributed by atoms with Crippen molar-refractivity contribution in [1.82, 2.24) is 0 Å². The highest BCUT2D eigenvalue weighted by Crippen LogP contribution is 1.78. The molecule has 0 amide bonds. The van der Waals surface area contributed by atoms with Crippen LogP contribution in [-0.2, 0) is 9.53 Å². The van der Waals surface area contributed by atoms with E-state index in [4.69, 9.17) is 4.74 Å². The average molecular weight is 98.9 g/mol. The van der Waals surface area contributed by atoms with Crippen LogP contribution in [0.1, 0.15) is 6.92 Å². The number of rotatable bonds is 3. The fourth-order valence-corrected chi connectivity index (χ4v) is 0.189. The van der Waals surface area contributed by atoms with Crippen molar-refractivity contribution in [2.24, 2.45) is 0 Å². The Labute approximate surface area is 44.1 Å². The van der Waals surface area contributed by atoms with Gasteiger partial charge in [-0.25, -0.2) is 0 Å². The third-order valence-electron chi connectivity index (χ3n) is 0.721. The quantitative estimate of drug-likeness (QED) is 0.364. The Hall–Kier alpha value is -0.305. The molecule has 0 aromatic heterocycles. The van der Waals surface area contributed by atoms with Crippen LogP contribution >= 0.6 is 0 Å². The largest absolute Gasteiger partial charge is 0.390 e. The number of carbonyl (C=O) groups excluding carboxylic acids is 1. The summed E-state index contributed by atoms with van der Waals surface area (Å²) in [6.07, 6.45) is 0.730.